The standard InChI is InChI=1S/C19H30N2O/c1-4-8-19(22)15-11-12-17(20-14(3)5-2)18(13-15)21-16-9-6-7-10-16/h11-14,16,20-21H,4-10H2,1-3H3. The average Bonchev–Trinajstić information content (AvgIpc) is 3.02. The van der Waals surface area contributed by atoms with Gasteiger partial charge in [-0.2, -0.15) is 0 Å². The molecule has 1 fully saturated rings. The average molecular weight is 302 g/mol. The molecule has 1 aliphatic carbocycles. The molecule has 1 aromatic rings. The van der Waals surface area contributed by atoms with Crippen LogP contribution >= 0.6 is 0 Å². The fourth-order valence-corrected chi connectivity index (χ4v) is 2.99. The third kappa shape index (κ3) is 4.49. The van der Waals surface area contributed by atoms with Gasteiger partial charge in [0.1, 0.15) is 0 Å². The zero-order valence-corrected chi connectivity index (χ0v) is 14.2. The van der Waals surface area contributed by atoms with Crippen molar-refractivity contribution in [1.29, 1.82) is 0 Å². The predicted octanol–water partition coefficient (Wildman–Crippen LogP) is 5.23. The van der Waals surface area contributed by atoms with Crippen LogP contribution in [0.2, 0.25) is 0 Å². The molecule has 1 unspecified atom stereocenters. The van der Waals surface area contributed by atoms with Crippen LogP contribution in [0.3, 0.4) is 0 Å². The van der Waals surface area contributed by atoms with Gasteiger partial charge in [-0.25, -0.2) is 0 Å². The van der Waals surface area contributed by atoms with Crippen LogP contribution in [0, 0.1) is 0 Å². The summed E-state index contributed by atoms with van der Waals surface area (Å²) in [6, 6.07) is 7.05. The number of rotatable bonds is 8. The van der Waals surface area contributed by atoms with Gasteiger partial charge in [-0.3, -0.25) is 4.79 Å². The van der Waals surface area contributed by atoms with Crippen LogP contribution in [0.15, 0.2) is 18.2 Å². The van der Waals surface area contributed by atoms with E-state index in [2.05, 4.69) is 37.5 Å². The first-order valence-corrected chi connectivity index (χ1v) is 8.84. The number of ketones is 1. The summed E-state index contributed by atoms with van der Waals surface area (Å²) in [5.41, 5.74) is 3.04. The van der Waals surface area contributed by atoms with Crippen LogP contribution in [-0.4, -0.2) is 17.9 Å². The molecule has 1 aromatic carbocycles. The molecule has 122 valence electrons. The molecule has 3 nitrogen and oxygen atoms in total. The van der Waals surface area contributed by atoms with Gasteiger partial charge in [0, 0.05) is 24.1 Å². The lowest BCUT2D eigenvalue weighted by Gasteiger charge is -2.21. The summed E-state index contributed by atoms with van der Waals surface area (Å²) in [6.45, 7) is 6.42. The summed E-state index contributed by atoms with van der Waals surface area (Å²) < 4.78 is 0. The molecule has 22 heavy (non-hydrogen) atoms. The molecule has 1 aliphatic rings. The van der Waals surface area contributed by atoms with Crippen LogP contribution in [-0.2, 0) is 0 Å². The van der Waals surface area contributed by atoms with Gasteiger partial charge in [-0.15, -0.1) is 0 Å². The summed E-state index contributed by atoms with van der Waals surface area (Å²) >= 11 is 0. The van der Waals surface area contributed by atoms with Crippen molar-refractivity contribution in [3.63, 3.8) is 0 Å². The van der Waals surface area contributed by atoms with Gasteiger partial charge in [0.15, 0.2) is 5.78 Å². The topological polar surface area (TPSA) is 41.1 Å². The smallest absolute Gasteiger partial charge is 0.162 e. The van der Waals surface area contributed by atoms with E-state index < -0.39 is 0 Å². The van der Waals surface area contributed by atoms with Crippen molar-refractivity contribution in [2.24, 2.45) is 0 Å². The van der Waals surface area contributed by atoms with Gasteiger partial charge in [-0.05, 0) is 50.8 Å². The Morgan fingerprint density at radius 3 is 2.59 bits per heavy atom. The Morgan fingerprint density at radius 2 is 1.95 bits per heavy atom. The van der Waals surface area contributed by atoms with Crippen molar-refractivity contribution in [2.75, 3.05) is 10.6 Å². The summed E-state index contributed by atoms with van der Waals surface area (Å²) in [4.78, 5) is 12.2. The highest BCUT2D eigenvalue weighted by molar-refractivity contribution is 5.98. The predicted molar refractivity (Wildman–Crippen MR) is 94.9 cm³/mol. The van der Waals surface area contributed by atoms with E-state index in [0.29, 0.717) is 18.5 Å². The molecule has 0 spiro atoms. The Hall–Kier alpha value is -1.51. The van der Waals surface area contributed by atoms with Crippen molar-refractivity contribution < 1.29 is 4.79 Å². The number of Topliss-reactive ketones (excluding diaryl/α,β-unsaturated/α-hetero) is 1. The van der Waals surface area contributed by atoms with Crippen LogP contribution in [0.25, 0.3) is 0 Å². The first kappa shape index (κ1) is 16.9. The van der Waals surface area contributed by atoms with Gasteiger partial charge in [0.05, 0.1) is 11.4 Å². The lowest BCUT2D eigenvalue weighted by atomic mass is 10.0. The quantitative estimate of drug-likeness (QED) is 0.646. The minimum absolute atomic E-state index is 0.243. The summed E-state index contributed by atoms with van der Waals surface area (Å²) in [7, 11) is 0. The lowest BCUT2D eigenvalue weighted by molar-refractivity contribution is 0.0982. The number of anilines is 2. The largest absolute Gasteiger partial charge is 0.381 e. The number of hydrogen-bond acceptors (Lipinski definition) is 3. The normalized spacial score (nSPS) is 16.5. The van der Waals surface area contributed by atoms with Crippen molar-refractivity contribution in [2.45, 2.75) is 77.8 Å². The van der Waals surface area contributed by atoms with Crippen molar-refractivity contribution in [1.82, 2.24) is 0 Å². The van der Waals surface area contributed by atoms with E-state index in [-0.39, 0.29) is 5.78 Å². The van der Waals surface area contributed by atoms with E-state index in [9.17, 15) is 4.79 Å². The molecule has 1 saturated carbocycles. The number of carbonyl (C=O) groups excluding carboxylic acids is 1. The van der Waals surface area contributed by atoms with Crippen molar-refractivity contribution in [3.05, 3.63) is 23.8 Å². The van der Waals surface area contributed by atoms with E-state index in [0.717, 1.165) is 29.8 Å². The third-order valence-electron chi connectivity index (χ3n) is 4.55. The molecule has 0 heterocycles. The molecular formula is C19H30N2O. The van der Waals surface area contributed by atoms with E-state index in [1.807, 2.05) is 12.1 Å². The molecule has 0 radical (unpaired) electrons. The molecule has 0 bridgehead atoms. The molecule has 2 rings (SSSR count). The van der Waals surface area contributed by atoms with E-state index in [1.54, 1.807) is 0 Å². The molecule has 0 amide bonds. The highest BCUT2D eigenvalue weighted by Crippen LogP contribution is 2.29. The molecular weight excluding hydrogens is 272 g/mol. The van der Waals surface area contributed by atoms with Gasteiger partial charge >= 0.3 is 0 Å². The van der Waals surface area contributed by atoms with E-state index in [1.165, 1.54) is 25.7 Å². The van der Waals surface area contributed by atoms with Gasteiger partial charge in [-0.1, -0.05) is 26.7 Å². The second-order valence-electron chi connectivity index (χ2n) is 6.51. The summed E-state index contributed by atoms with van der Waals surface area (Å²) in [6.07, 6.45) is 7.68. The fourth-order valence-electron chi connectivity index (χ4n) is 2.99. The first-order valence-electron chi connectivity index (χ1n) is 8.84. The zero-order valence-electron chi connectivity index (χ0n) is 14.2. The highest BCUT2D eigenvalue weighted by Gasteiger charge is 2.17. The lowest BCUT2D eigenvalue weighted by Crippen LogP contribution is -2.19. The maximum atomic E-state index is 12.2. The number of benzene rings is 1. The van der Waals surface area contributed by atoms with Crippen LogP contribution in [0.1, 0.15) is 76.1 Å². The van der Waals surface area contributed by atoms with Gasteiger partial charge in [0.25, 0.3) is 0 Å². The van der Waals surface area contributed by atoms with Crippen molar-refractivity contribution >= 4 is 17.2 Å². The monoisotopic (exact) mass is 302 g/mol. The van der Waals surface area contributed by atoms with Gasteiger partial charge in [0.2, 0.25) is 0 Å². The molecule has 1 atom stereocenters. The molecule has 0 aliphatic heterocycles. The van der Waals surface area contributed by atoms with Crippen LogP contribution in [0.4, 0.5) is 11.4 Å². The first-order chi connectivity index (χ1) is 10.6. The Labute approximate surface area is 134 Å². The summed E-state index contributed by atoms with van der Waals surface area (Å²) in [5.74, 6) is 0.243. The second kappa shape index (κ2) is 8.21. The van der Waals surface area contributed by atoms with Gasteiger partial charge < -0.3 is 10.6 Å². The molecule has 3 heteroatoms. The summed E-state index contributed by atoms with van der Waals surface area (Å²) in [5, 5.41) is 7.22. The molecule has 0 saturated heterocycles. The van der Waals surface area contributed by atoms with Crippen molar-refractivity contribution in [3.8, 4) is 0 Å². The Kier molecular flexibility index (Phi) is 6.29. The number of hydrogen-bond donors (Lipinski definition) is 2. The minimum atomic E-state index is 0.243. The Balaban J connectivity index is 2.21. The highest BCUT2D eigenvalue weighted by atomic mass is 16.1. The Bertz CT molecular complexity index is 492. The maximum absolute atomic E-state index is 12.2. The SMILES string of the molecule is CCCC(=O)c1ccc(NC(C)CC)c(NC2CCCC2)c1. The third-order valence-corrected chi connectivity index (χ3v) is 4.55. The van der Waals surface area contributed by atoms with Crippen LogP contribution in [0.5, 0.6) is 0 Å². The molecule has 0 aromatic heterocycles. The minimum Gasteiger partial charge on any atom is -0.381 e. The van der Waals surface area contributed by atoms with Crippen LogP contribution < -0.4 is 10.6 Å². The second-order valence-corrected chi connectivity index (χ2v) is 6.51. The van der Waals surface area contributed by atoms with E-state index in [4.69, 9.17) is 0 Å². The molecule has 2 N–H and O–H groups in total. The Morgan fingerprint density at radius 1 is 1.23 bits per heavy atom. The maximum Gasteiger partial charge on any atom is 0.162 e. The fraction of sp³-hybridized carbons (Fsp3) is 0.632. The number of nitrogens with one attached hydrogen (secondary N) is 2. The number of carbonyl (C=O) groups is 1. The zero-order chi connectivity index (χ0) is 15.9. The van der Waals surface area contributed by atoms with E-state index >= 15 is 0 Å².